The molecule has 0 aliphatic heterocycles. The Kier molecular flexibility index (Phi) is 12.8. The highest BCUT2D eigenvalue weighted by molar-refractivity contribution is 7.86. The Hall–Kier alpha value is -3.79. The van der Waals surface area contributed by atoms with Crippen LogP contribution < -0.4 is 0 Å². The van der Waals surface area contributed by atoms with Gasteiger partial charge in [0.2, 0.25) is 0 Å². The minimum absolute atomic E-state index is 0.0184. The van der Waals surface area contributed by atoms with E-state index in [2.05, 4.69) is 33.9 Å². The predicted octanol–water partition coefficient (Wildman–Crippen LogP) is 7.19. The number of ether oxygens (including phenoxy) is 3. The van der Waals surface area contributed by atoms with Crippen molar-refractivity contribution < 1.29 is 41.3 Å². The van der Waals surface area contributed by atoms with E-state index in [9.17, 15) is 23.6 Å². The van der Waals surface area contributed by atoms with Crippen LogP contribution in [0.4, 0.5) is 5.69 Å². The van der Waals surface area contributed by atoms with E-state index in [4.69, 9.17) is 22.8 Å². The Bertz CT molecular complexity index is 1840. The van der Waals surface area contributed by atoms with Gasteiger partial charge in [0.15, 0.2) is 8.32 Å². The highest BCUT2D eigenvalue weighted by Gasteiger charge is 2.57. The van der Waals surface area contributed by atoms with Crippen LogP contribution >= 0.6 is 0 Å². The fourth-order valence-corrected chi connectivity index (χ4v) is 8.10. The zero-order valence-corrected chi connectivity index (χ0v) is 31.8. The summed E-state index contributed by atoms with van der Waals surface area (Å²) in [6.07, 6.45) is -7.32. The lowest BCUT2D eigenvalue weighted by Crippen LogP contribution is -2.69. The smallest absolute Gasteiger partial charge is 0.297 e. The van der Waals surface area contributed by atoms with Crippen LogP contribution in [0.2, 0.25) is 18.1 Å². The molecule has 0 spiro atoms. The summed E-state index contributed by atoms with van der Waals surface area (Å²) < 4.78 is 60.7. The van der Waals surface area contributed by atoms with Crippen molar-refractivity contribution in [3.8, 4) is 0 Å². The molecule has 4 aromatic rings. The average molecular weight is 750 g/mol. The maximum Gasteiger partial charge on any atom is 0.297 e. The molecule has 1 N–H and O–H groups in total. The monoisotopic (exact) mass is 749 g/mol. The molecule has 6 atom stereocenters. The van der Waals surface area contributed by atoms with Crippen LogP contribution in [0.5, 0.6) is 0 Å². The number of nitrogens with zero attached hydrogens (tertiary/aromatic N) is 1. The summed E-state index contributed by atoms with van der Waals surface area (Å²) in [6.45, 7) is 10.6. The zero-order valence-electron chi connectivity index (χ0n) is 30.0. The topological polar surface area (TPSA) is 144 Å². The lowest BCUT2D eigenvalue weighted by atomic mass is 9.84. The first-order chi connectivity index (χ1) is 24.7. The number of benzene rings is 4. The maximum absolute atomic E-state index is 14.0. The summed E-state index contributed by atoms with van der Waals surface area (Å²) in [5, 5.41) is 23.3. The third-order valence-corrected chi connectivity index (χ3v) is 15.4. The van der Waals surface area contributed by atoms with Gasteiger partial charge in [-0.1, -0.05) is 112 Å². The van der Waals surface area contributed by atoms with E-state index in [1.807, 2.05) is 91.0 Å². The molecule has 0 heterocycles. The normalized spacial score (nSPS) is 22.6. The molecule has 13 heteroatoms. The number of nitro groups is 1. The van der Waals surface area contributed by atoms with Crippen LogP contribution in [0.15, 0.2) is 120 Å². The third kappa shape index (κ3) is 9.79. The van der Waals surface area contributed by atoms with Gasteiger partial charge in [0.1, 0.15) is 36.6 Å². The number of aliphatic hydroxyl groups excluding tert-OH is 1. The van der Waals surface area contributed by atoms with Gasteiger partial charge in [-0.15, -0.1) is 0 Å². The van der Waals surface area contributed by atoms with Crippen molar-refractivity contribution in [1.82, 2.24) is 0 Å². The molecule has 1 aliphatic rings. The molecule has 1 saturated carbocycles. The lowest BCUT2D eigenvalue weighted by molar-refractivity contribution is -0.384. The summed E-state index contributed by atoms with van der Waals surface area (Å²) >= 11 is 0. The van der Waals surface area contributed by atoms with E-state index in [0.29, 0.717) is 0 Å². The largest absolute Gasteiger partial charge is 0.408 e. The molecule has 0 aromatic heterocycles. The Morgan fingerprint density at radius 3 is 1.46 bits per heavy atom. The third-order valence-electron chi connectivity index (χ3n) is 9.64. The van der Waals surface area contributed by atoms with E-state index in [0.717, 1.165) is 41.0 Å². The fraction of sp³-hybridized carbons (Fsp3) is 0.385. The highest BCUT2D eigenvalue weighted by Crippen LogP contribution is 2.42. The molecule has 6 unspecified atom stereocenters. The molecule has 1 aliphatic carbocycles. The number of aliphatic hydroxyl groups is 1. The maximum atomic E-state index is 14.0. The quantitative estimate of drug-likeness (QED) is 0.0574. The SMILES string of the molecule is CC(C)(C)[Si](C)(C)OC1C(OCc2ccccc2)C(O)C(OCc2ccccc2)C(OS(=O)(=O)c2ccc([N+](=O)[O-])cc2)C1OCc1ccccc1. The summed E-state index contributed by atoms with van der Waals surface area (Å²) in [6, 6.07) is 32.6. The molecule has 52 heavy (non-hydrogen) atoms. The predicted molar refractivity (Wildman–Crippen MR) is 198 cm³/mol. The Morgan fingerprint density at radius 2 is 1.06 bits per heavy atom. The van der Waals surface area contributed by atoms with Gasteiger partial charge in [0.05, 0.1) is 29.6 Å². The van der Waals surface area contributed by atoms with Gasteiger partial charge in [0, 0.05) is 12.1 Å². The van der Waals surface area contributed by atoms with Gasteiger partial charge in [0.25, 0.3) is 15.8 Å². The fourth-order valence-electron chi connectivity index (χ4n) is 5.71. The molecule has 0 radical (unpaired) electrons. The van der Waals surface area contributed by atoms with Gasteiger partial charge in [-0.3, -0.25) is 14.3 Å². The van der Waals surface area contributed by atoms with Gasteiger partial charge in [-0.05, 0) is 47.0 Å². The van der Waals surface area contributed by atoms with Crippen molar-refractivity contribution in [2.24, 2.45) is 0 Å². The first kappa shape index (κ1) is 39.4. The van der Waals surface area contributed by atoms with Crippen LogP contribution in [0.25, 0.3) is 0 Å². The van der Waals surface area contributed by atoms with E-state index in [1.165, 1.54) is 0 Å². The number of non-ortho nitro benzene ring substituents is 1. The van der Waals surface area contributed by atoms with Crippen molar-refractivity contribution in [2.75, 3.05) is 0 Å². The van der Waals surface area contributed by atoms with Crippen molar-refractivity contribution in [3.05, 3.63) is 142 Å². The molecule has 4 aromatic carbocycles. The average Bonchev–Trinajstić information content (AvgIpc) is 3.12. The van der Waals surface area contributed by atoms with E-state index in [1.54, 1.807) is 0 Å². The van der Waals surface area contributed by atoms with Gasteiger partial charge >= 0.3 is 0 Å². The van der Waals surface area contributed by atoms with Gasteiger partial charge < -0.3 is 23.7 Å². The summed E-state index contributed by atoms with van der Waals surface area (Å²) in [7, 11) is -7.27. The van der Waals surface area contributed by atoms with E-state index >= 15 is 0 Å². The lowest BCUT2D eigenvalue weighted by Gasteiger charge is -2.51. The summed E-state index contributed by atoms with van der Waals surface area (Å²) in [5.41, 5.74) is 2.19. The molecule has 5 rings (SSSR count). The van der Waals surface area contributed by atoms with Crippen LogP contribution in [0.3, 0.4) is 0 Å². The second-order valence-corrected chi connectivity index (χ2v) is 20.7. The standard InChI is InChI=1S/C39H47NO10SSi/c1-39(2,3)52(4,5)50-38-35(47-26-29-17-11-7-12-18-29)33(41)34(46-25-28-15-9-6-10-16-28)37(36(38)48-27-30-19-13-8-14-20-30)49-51(44,45)32-23-21-31(22-24-32)40(42)43/h6-24,33-38,41H,25-27H2,1-5H3. The van der Waals surface area contributed by atoms with E-state index in [-0.39, 0.29) is 35.4 Å². The van der Waals surface area contributed by atoms with E-state index < -0.39 is 60.0 Å². The zero-order chi connectivity index (χ0) is 37.5. The van der Waals surface area contributed by atoms with Gasteiger partial charge in [-0.25, -0.2) is 0 Å². The second-order valence-electron chi connectivity index (χ2n) is 14.4. The second kappa shape index (κ2) is 16.9. The number of rotatable bonds is 15. The molecule has 0 bridgehead atoms. The minimum atomic E-state index is -4.60. The molecular weight excluding hydrogens is 703 g/mol. The van der Waals surface area contributed by atoms with Gasteiger partial charge in [-0.2, -0.15) is 8.42 Å². The number of hydrogen-bond donors (Lipinski definition) is 1. The number of nitro benzene ring substituents is 1. The Morgan fingerprint density at radius 1 is 0.654 bits per heavy atom. The summed E-state index contributed by atoms with van der Waals surface area (Å²) in [4.78, 5) is 10.4. The Labute approximate surface area is 306 Å². The first-order valence-corrected chi connectivity index (χ1v) is 21.5. The molecule has 11 nitrogen and oxygen atoms in total. The molecule has 1 fully saturated rings. The molecular formula is C39H47NO10SSi. The van der Waals surface area contributed by atoms with Crippen molar-refractivity contribution in [3.63, 3.8) is 0 Å². The van der Waals surface area contributed by atoms with Crippen LogP contribution in [0, 0.1) is 10.1 Å². The number of hydrogen-bond acceptors (Lipinski definition) is 10. The Balaban J connectivity index is 1.61. The van der Waals surface area contributed by atoms with Crippen molar-refractivity contribution in [1.29, 1.82) is 0 Å². The van der Waals surface area contributed by atoms with Crippen LogP contribution in [0.1, 0.15) is 37.5 Å². The first-order valence-electron chi connectivity index (χ1n) is 17.2. The van der Waals surface area contributed by atoms with Crippen LogP contribution in [-0.4, -0.2) is 63.4 Å². The van der Waals surface area contributed by atoms with Crippen molar-refractivity contribution in [2.45, 2.75) is 100 Å². The molecule has 0 amide bonds. The molecule has 0 saturated heterocycles. The van der Waals surface area contributed by atoms with Crippen LogP contribution in [-0.2, 0) is 52.8 Å². The van der Waals surface area contributed by atoms with Crippen molar-refractivity contribution >= 4 is 24.1 Å². The minimum Gasteiger partial charge on any atom is -0.408 e. The molecule has 278 valence electrons. The highest BCUT2D eigenvalue weighted by atomic mass is 32.2. The summed E-state index contributed by atoms with van der Waals surface area (Å²) in [5.74, 6) is 0.